The first-order valence-electron chi connectivity index (χ1n) is 6.60. The number of rotatable bonds is 5. The largest absolute Gasteiger partial charge is 0.478 e. The van der Waals surface area contributed by atoms with Crippen molar-refractivity contribution in [2.75, 3.05) is 13.1 Å². The molecule has 20 heavy (non-hydrogen) atoms. The van der Waals surface area contributed by atoms with Gasteiger partial charge in [0.05, 0.1) is 21.8 Å². The van der Waals surface area contributed by atoms with E-state index in [1.807, 2.05) is 0 Å². The van der Waals surface area contributed by atoms with Crippen molar-refractivity contribution in [2.24, 2.45) is 0 Å². The summed E-state index contributed by atoms with van der Waals surface area (Å²) in [5.74, 6) is -0.958. The Balaban J connectivity index is 2.57. The summed E-state index contributed by atoms with van der Waals surface area (Å²) in [6, 6.07) is 6.84. The lowest BCUT2D eigenvalue weighted by atomic mass is 10.1. The van der Waals surface area contributed by atoms with Gasteiger partial charge in [-0.2, -0.15) is 0 Å². The Morgan fingerprint density at radius 3 is 2.65 bits per heavy atom. The van der Waals surface area contributed by atoms with Crippen molar-refractivity contribution < 1.29 is 9.90 Å². The van der Waals surface area contributed by atoms with E-state index < -0.39 is 5.97 Å². The highest BCUT2D eigenvalue weighted by Crippen LogP contribution is 2.25. The molecular weight excluding hydrogens is 276 g/mol. The van der Waals surface area contributed by atoms with E-state index in [4.69, 9.17) is 11.6 Å². The van der Waals surface area contributed by atoms with Crippen molar-refractivity contribution >= 4 is 28.5 Å². The minimum Gasteiger partial charge on any atom is -0.478 e. The molecule has 1 N–H and O–H groups in total. The van der Waals surface area contributed by atoms with Crippen molar-refractivity contribution in [1.29, 1.82) is 0 Å². The van der Waals surface area contributed by atoms with E-state index in [0.717, 1.165) is 18.8 Å². The van der Waals surface area contributed by atoms with Crippen LogP contribution in [0.15, 0.2) is 24.3 Å². The minimum atomic E-state index is -0.958. The summed E-state index contributed by atoms with van der Waals surface area (Å²) in [6.07, 6.45) is 0. The minimum absolute atomic E-state index is 0.250. The predicted molar refractivity (Wildman–Crippen MR) is 80.3 cm³/mol. The van der Waals surface area contributed by atoms with E-state index in [9.17, 15) is 9.90 Å². The van der Waals surface area contributed by atoms with Crippen LogP contribution < -0.4 is 0 Å². The normalized spacial score (nSPS) is 11.2. The molecule has 0 saturated heterocycles. The number of aromatic nitrogens is 1. The molecule has 0 spiro atoms. The smallest absolute Gasteiger partial charge is 0.336 e. The average Bonchev–Trinajstić information content (AvgIpc) is 2.44. The number of carboxylic acid groups (broad SMARTS) is 1. The second kappa shape index (κ2) is 6.20. The zero-order valence-corrected chi connectivity index (χ0v) is 12.3. The third-order valence-corrected chi connectivity index (χ3v) is 3.66. The molecule has 0 unspecified atom stereocenters. The summed E-state index contributed by atoms with van der Waals surface area (Å²) in [6.45, 7) is 6.53. The van der Waals surface area contributed by atoms with E-state index in [0.29, 0.717) is 22.5 Å². The van der Waals surface area contributed by atoms with E-state index in [2.05, 4.69) is 23.7 Å². The molecule has 4 nitrogen and oxygen atoms in total. The SMILES string of the molecule is CCN(CC)Cc1cc(C(=O)O)c2cccc(Cl)c2n1. The highest BCUT2D eigenvalue weighted by molar-refractivity contribution is 6.35. The summed E-state index contributed by atoms with van der Waals surface area (Å²) < 4.78 is 0. The van der Waals surface area contributed by atoms with Gasteiger partial charge in [0.2, 0.25) is 0 Å². The Hall–Kier alpha value is -1.65. The molecule has 0 radical (unpaired) electrons. The molecule has 0 amide bonds. The van der Waals surface area contributed by atoms with Gasteiger partial charge in [-0.15, -0.1) is 0 Å². The van der Waals surface area contributed by atoms with Crippen LogP contribution in [0.3, 0.4) is 0 Å². The van der Waals surface area contributed by atoms with Gasteiger partial charge in [0.15, 0.2) is 0 Å². The van der Waals surface area contributed by atoms with Crippen LogP contribution in [0.4, 0.5) is 0 Å². The predicted octanol–water partition coefficient (Wildman–Crippen LogP) is 3.43. The summed E-state index contributed by atoms with van der Waals surface area (Å²) in [5.41, 5.74) is 1.53. The number of hydrogen-bond donors (Lipinski definition) is 1. The molecule has 1 aromatic carbocycles. The number of nitrogens with zero attached hydrogens (tertiary/aromatic N) is 2. The summed E-state index contributed by atoms with van der Waals surface area (Å²) in [5, 5.41) is 10.4. The molecule has 106 valence electrons. The highest BCUT2D eigenvalue weighted by atomic mass is 35.5. The van der Waals surface area contributed by atoms with Crippen LogP contribution in [-0.4, -0.2) is 34.0 Å². The van der Waals surface area contributed by atoms with Crippen LogP contribution in [0, 0.1) is 0 Å². The molecule has 0 aliphatic rings. The number of para-hydroxylation sites is 1. The maximum Gasteiger partial charge on any atom is 0.336 e. The van der Waals surface area contributed by atoms with Crippen LogP contribution >= 0.6 is 11.6 Å². The number of carbonyl (C=O) groups is 1. The molecule has 0 fully saturated rings. The molecule has 0 saturated carbocycles. The Labute approximate surface area is 123 Å². The maximum atomic E-state index is 11.4. The summed E-state index contributed by atoms with van der Waals surface area (Å²) >= 11 is 6.14. The van der Waals surface area contributed by atoms with Gasteiger partial charge < -0.3 is 5.11 Å². The molecule has 0 aliphatic heterocycles. The van der Waals surface area contributed by atoms with Crippen LogP contribution in [-0.2, 0) is 6.54 Å². The number of carboxylic acids is 1. The van der Waals surface area contributed by atoms with Gasteiger partial charge in [-0.1, -0.05) is 37.6 Å². The molecule has 5 heteroatoms. The van der Waals surface area contributed by atoms with Gasteiger partial charge in [-0.3, -0.25) is 4.90 Å². The number of fused-ring (bicyclic) bond motifs is 1. The van der Waals surface area contributed by atoms with Crippen LogP contribution in [0.25, 0.3) is 10.9 Å². The Morgan fingerprint density at radius 2 is 2.05 bits per heavy atom. The molecule has 0 bridgehead atoms. The fraction of sp³-hybridized carbons (Fsp3) is 0.333. The second-order valence-electron chi connectivity index (χ2n) is 4.56. The monoisotopic (exact) mass is 292 g/mol. The first-order chi connectivity index (χ1) is 9.56. The molecular formula is C15H17ClN2O2. The van der Waals surface area contributed by atoms with Crippen molar-refractivity contribution in [3.8, 4) is 0 Å². The number of benzene rings is 1. The zero-order valence-electron chi connectivity index (χ0n) is 11.6. The van der Waals surface area contributed by atoms with Crippen molar-refractivity contribution in [1.82, 2.24) is 9.88 Å². The average molecular weight is 293 g/mol. The highest BCUT2D eigenvalue weighted by Gasteiger charge is 2.14. The fourth-order valence-electron chi connectivity index (χ4n) is 2.20. The van der Waals surface area contributed by atoms with Gasteiger partial charge in [-0.05, 0) is 25.2 Å². The van der Waals surface area contributed by atoms with Crippen molar-refractivity contribution in [3.63, 3.8) is 0 Å². The first kappa shape index (κ1) is 14.8. The molecule has 2 aromatic rings. The van der Waals surface area contributed by atoms with Crippen LogP contribution in [0.1, 0.15) is 29.9 Å². The summed E-state index contributed by atoms with van der Waals surface area (Å²) in [7, 11) is 0. The Kier molecular flexibility index (Phi) is 4.57. The molecule has 1 heterocycles. The van der Waals surface area contributed by atoms with Gasteiger partial charge in [0.1, 0.15) is 0 Å². The molecule has 2 rings (SSSR count). The third-order valence-electron chi connectivity index (χ3n) is 3.35. The molecule has 0 atom stereocenters. The lowest BCUT2D eigenvalue weighted by molar-refractivity contribution is 0.0698. The standard InChI is InChI=1S/C15H17ClN2O2/c1-3-18(4-2)9-10-8-12(15(19)20)11-6-5-7-13(16)14(11)17-10/h5-8H,3-4,9H2,1-2H3,(H,19,20). The van der Waals surface area contributed by atoms with E-state index in [-0.39, 0.29) is 5.56 Å². The van der Waals surface area contributed by atoms with E-state index in [1.165, 1.54) is 0 Å². The van der Waals surface area contributed by atoms with Crippen molar-refractivity contribution in [2.45, 2.75) is 20.4 Å². The van der Waals surface area contributed by atoms with Gasteiger partial charge in [0.25, 0.3) is 0 Å². The number of pyridine rings is 1. The molecule has 1 aromatic heterocycles. The lowest BCUT2D eigenvalue weighted by Gasteiger charge is -2.18. The number of halogens is 1. The van der Waals surface area contributed by atoms with E-state index >= 15 is 0 Å². The quantitative estimate of drug-likeness (QED) is 0.917. The topological polar surface area (TPSA) is 53.4 Å². The van der Waals surface area contributed by atoms with Gasteiger partial charge in [-0.25, -0.2) is 9.78 Å². The zero-order chi connectivity index (χ0) is 14.7. The van der Waals surface area contributed by atoms with Crippen LogP contribution in [0.2, 0.25) is 5.02 Å². The second-order valence-corrected chi connectivity index (χ2v) is 4.97. The van der Waals surface area contributed by atoms with E-state index in [1.54, 1.807) is 24.3 Å². The fourth-order valence-corrected chi connectivity index (χ4v) is 2.42. The number of aromatic carboxylic acids is 1. The lowest BCUT2D eigenvalue weighted by Crippen LogP contribution is -2.23. The summed E-state index contributed by atoms with van der Waals surface area (Å²) in [4.78, 5) is 18.1. The Bertz CT molecular complexity index is 639. The van der Waals surface area contributed by atoms with Crippen LogP contribution in [0.5, 0.6) is 0 Å². The van der Waals surface area contributed by atoms with Gasteiger partial charge >= 0.3 is 5.97 Å². The third kappa shape index (κ3) is 2.92. The molecule has 0 aliphatic carbocycles. The van der Waals surface area contributed by atoms with Crippen molar-refractivity contribution in [3.05, 3.63) is 40.5 Å². The van der Waals surface area contributed by atoms with Gasteiger partial charge in [0, 0.05) is 11.9 Å². The Morgan fingerprint density at radius 1 is 1.35 bits per heavy atom. The maximum absolute atomic E-state index is 11.4. The first-order valence-corrected chi connectivity index (χ1v) is 6.98. The number of hydrogen-bond acceptors (Lipinski definition) is 3.